The Bertz CT molecular complexity index is 281. The fraction of sp³-hybridized carbons (Fsp3) is 0.444. The summed E-state index contributed by atoms with van der Waals surface area (Å²) in [4.78, 5) is 0. The van der Waals surface area contributed by atoms with E-state index in [9.17, 15) is 0 Å². The zero-order valence-electron chi connectivity index (χ0n) is 11.4. The van der Waals surface area contributed by atoms with Gasteiger partial charge >= 0.3 is 0 Å². The molecular weight excluding hydrogens is 216 g/mol. The molecule has 1 rings (SSSR count). The Morgan fingerprint density at radius 3 is 2.00 bits per heavy atom. The van der Waals surface area contributed by atoms with Gasteiger partial charge in [0.25, 0.3) is 0 Å². The Hall–Kier alpha value is -1.30. The van der Waals surface area contributed by atoms with Gasteiger partial charge in [0, 0.05) is 0 Å². The Labute approximate surface area is 112 Å². The van der Waals surface area contributed by atoms with Crippen LogP contribution in [-0.2, 0) is 0 Å². The molecule has 0 aromatic carbocycles. The van der Waals surface area contributed by atoms with Crippen LogP contribution in [0.15, 0.2) is 54.7 Å². The van der Waals surface area contributed by atoms with Crippen molar-refractivity contribution in [3.8, 4) is 0 Å². The third kappa shape index (κ3) is 9.89. The second kappa shape index (κ2) is 12.2. The van der Waals surface area contributed by atoms with E-state index < -0.39 is 0 Å². The van der Waals surface area contributed by atoms with E-state index in [-0.39, 0.29) is 0 Å². The molecule has 0 amide bonds. The minimum Gasteiger partial charge on any atom is -0.0845 e. The van der Waals surface area contributed by atoms with Gasteiger partial charge in [0.2, 0.25) is 0 Å². The van der Waals surface area contributed by atoms with Gasteiger partial charge in [-0.15, -0.1) is 0 Å². The Morgan fingerprint density at radius 1 is 0.556 bits per heavy atom. The summed E-state index contributed by atoms with van der Waals surface area (Å²) in [6.45, 7) is 0. The lowest BCUT2D eigenvalue weighted by Gasteiger charge is -1.98. The van der Waals surface area contributed by atoms with Gasteiger partial charge in [-0.2, -0.15) is 0 Å². The zero-order chi connectivity index (χ0) is 12.7. The van der Waals surface area contributed by atoms with Crippen LogP contribution >= 0.6 is 0 Å². The van der Waals surface area contributed by atoms with Crippen LogP contribution in [-0.4, -0.2) is 0 Å². The highest BCUT2D eigenvalue weighted by Gasteiger charge is 1.89. The van der Waals surface area contributed by atoms with Crippen LogP contribution in [0, 0.1) is 6.08 Å². The standard InChI is InChI=1S/C18H25/c1-2-4-6-8-10-12-14-16-18-17-15-13-11-9-7-5-3-1/h1-9H,10,12-18H2/b3-1-,4-2+,7-5+,8-6+,11-9?. The highest BCUT2D eigenvalue weighted by molar-refractivity contribution is 5.17. The van der Waals surface area contributed by atoms with Crippen molar-refractivity contribution >= 4 is 0 Å². The van der Waals surface area contributed by atoms with E-state index in [1.165, 1.54) is 44.9 Å². The lowest BCUT2D eigenvalue weighted by atomic mass is 10.1. The monoisotopic (exact) mass is 241 g/mol. The first-order valence-corrected chi connectivity index (χ1v) is 7.22. The van der Waals surface area contributed by atoms with E-state index in [2.05, 4.69) is 36.5 Å². The molecule has 0 atom stereocenters. The largest absolute Gasteiger partial charge is 0.0845 e. The molecule has 0 heterocycles. The van der Waals surface area contributed by atoms with Crippen molar-refractivity contribution < 1.29 is 0 Å². The summed E-state index contributed by atoms with van der Waals surface area (Å²) in [5.41, 5.74) is 0. The topological polar surface area (TPSA) is 0 Å². The van der Waals surface area contributed by atoms with Crippen molar-refractivity contribution in [3.05, 3.63) is 60.8 Å². The molecule has 0 aromatic rings. The molecule has 0 heteroatoms. The molecule has 0 aromatic heterocycles. The number of hydrogen-bond donors (Lipinski definition) is 0. The van der Waals surface area contributed by atoms with E-state index in [1.807, 2.05) is 24.3 Å². The van der Waals surface area contributed by atoms with Crippen LogP contribution in [0.2, 0.25) is 0 Å². The fourth-order valence-corrected chi connectivity index (χ4v) is 1.90. The van der Waals surface area contributed by atoms with Gasteiger partial charge in [0.1, 0.15) is 0 Å². The van der Waals surface area contributed by atoms with E-state index in [4.69, 9.17) is 0 Å². The summed E-state index contributed by atoms with van der Waals surface area (Å²) in [5, 5.41) is 0. The maximum atomic E-state index is 3.31. The average Bonchev–Trinajstić information content (AvgIpc) is 2.39. The molecule has 0 unspecified atom stereocenters. The first-order chi connectivity index (χ1) is 9.00. The molecule has 97 valence electrons. The van der Waals surface area contributed by atoms with Gasteiger partial charge in [-0.25, -0.2) is 0 Å². The predicted molar refractivity (Wildman–Crippen MR) is 81.3 cm³/mol. The summed E-state index contributed by atoms with van der Waals surface area (Å²) >= 11 is 0. The van der Waals surface area contributed by atoms with Crippen LogP contribution in [0.4, 0.5) is 0 Å². The van der Waals surface area contributed by atoms with Crippen LogP contribution in [0.25, 0.3) is 0 Å². The van der Waals surface area contributed by atoms with Crippen molar-refractivity contribution in [2.45, 2.75) is 51.4 Å². The zero-order valence-corrected chi connectivity index (χ0v) is 11.4. The minimum absolute atomic E-state index is 1.09. The van der Waals surface area contributed by atoms with Crippen LogP contribution in [0.3, 0.4) is 0 Å². The van der Waals surface area contributed by atoms with Crippen molar-refractivity contribution in [1.29, 1.82) is 0 Å². The van der Waals surface area contributed by atoms with Crippen molar-refractivity contribution in [1.82, 2.24) is 0 Å². The average molecular weight is 241 g/mol. The first kappa shape index (κ1) is 14.8. The van der Waals surface area contributed by atoms with E-state index in [0.717, 1.165) is 6.42 Å². The molecule has 1 radical (unpaired) electrons. The lowest BCUT2D eigenvalue weighted by molar-refractivity contribution is 0.598. The first-order valence-electron chi connectivity index (χ1n) is 7.22. The Balaban J connectivity index is 2.35. The molecule has 0 spiro atoms. The second-order valence-electron chi connectivity index (χ2n) is 4.61. The van der Waals surface area contributed by atoms with Crippen molar-refractivity contribution in [2.75, 3.05) is 0 Å². The van der Waals surface area contributed by atoms with Crippen LogP contribution in [0.5, 0.6) is 0 Å². The maximum absolute atomic E-state index is 3.31. The molecule has 0 N–H and O–H groups in total. The number of hydrogen-bond acceptors (Lipinski definition) is 0. The highest BCUT2D eigenvalue weighted by atomic mass is 14.0. The molecular formula is C18H25. The number of rotatable bonds is 0. The summed E-state index contributed by atoms with van der Waals surface area (Å²) < 4.78 is 0. The third-order valence-electron chi connectivity index (χ3n) is 2.96. The van der Waals surface area contributed by atoms with E-state index >= 15 is 0 Å². The fourth-order valence-electron chi connectivity index (χ4n) is 1.90. The summed E-state index contributed by atoms with van der Waals surface area (Å²) in [5.74, 6) is 0. The van der Waals surface area contributed by atoms with Gasteiger partial charge in [0.15, 0.2) is 0 Å². The molecule has 0 nitrogen and oxygen atoms in total. The number of allylic oxidation sites excluding steroid dienone is 10. The normalized spacial score (nSPS) is 28.4. The molecule has 0 bridgehead atoms. The van der Waals surface area contributed by atoms with Crippen LogP contribution < -0.4 is 0 Å². The molecule has 0 aliphatic heterocycles. The van der Waals surface area contributed by atoms with Gasteiger partial charge in [-0.05, 0) is 31.8 Å². The van der Waals surface area contributed by atoms with Crippen molar-refractivity contribution in [2.24, 2.45) is 0 Å². The molecule has 1 aliphatic rings. The van der Waals surface area contributed by atoms with E-state index in [0.29, 0.717) is 0 Å². The lowest BCUT2D eigenvalue weighted by Crippen LogP contribution is -1.79. The van der Waals surface area contributed by atoms with Gasteiger partial charge in [0.05, 0.1) is 0 Å². The van der Waals surface area contributed by atoms with Gasteiger partial charge < -0.3 is 0 Å². The molecule has 18 heavy (non-hydrogen) atoms. The smallest absolute Gasteiger partial charge is 0.0276 e. The minimum atomic E-state index is 1.09. The predicted octanol–water partition coefficient (Wildman–Crippen LogP) is 5.70. The van der Waals surface area contributed by atoms with Gasteiger partial charge in [-0.1, -0.05) is 80.4 Å². The summed E-state index contributed by atoms with van der Waals surface area (Å²) in [6, 6.07) is 0. The molecule has 0 saturated carbocycles. The summed E-state index contributed by atoms with van der Waals surface area (Å²) in [7, 11) is 0. The Kier molecular flexibility index (Phi) is 9.97. The maximum Gasteiger partial charge on any atom is -0.0276 e. The van der Waals surface area contributed by atoms with Gasteiger partial charge in [-0.3, -0.25) is 0 Å². The quantitative estimate of drug-likeness (QED) is 0.510. The SMILES string of the molecule is [C]1=C/C=C/C=C\C=C\C=C\CCCCCCCC/1. The van der Waals surface area contributed by atoms with E-state index in [1.54, 1.807) is 0 Å². The Morgan fingerprint density at radius 2 is 1.17 bits per heavy atom. The summed E-state index contributed by atoms with van der Waals surface area (Å²) in [6.07, 6.45) is 32.5. The third-order valence-corrected chi connectivity index (χ3v) is 2.96. The molecule has 0 fully saturated rings. The van der Waals surface area contributed by atoms with Crippen LogP contribution in [0.1, 0.15) is 51.4 Å². The molecule has 1 aliphatic carbocycles. The second-order valence-corrected chi connectivity index (χ2v) is 4.61. The van der Waals surface area contributed by atoms with Crippen molar-refractivity contribution in [3.63, 3.8) is 0 Å². The highest BCUT2D eigenvalue weighted by Crippen LogP contribution is 2.09. The molecule has 0 saturated heterocycles.